The molecule has 1 atom stereocenters. The molecular formula is C16H24ClF3N2O2. The molecule has 0 heterocycles. The van der Waals surface area contributed by atoms with Gasteiger partial charge in [0, 0.05) is 6.54 Å². The maximum atomic E-state index is 12.9. The first-order valence-electron chi connectivity index (χ1n) is 7.54. The van der Waals surface area contributed by atoms with Crippen molar-refractivity contribution in [1.29, 1.82) is 0 Å². The highest BCUT2D eigenvalue weighted by Gasteiger charge is 2.35. The lowest BCUT2D eigenvalue weighted by atomic mass is 9.92. The molecule has 1 aromatic rings. The standard InChI is InChI=1S/C16H23F3N2O2.ClH/c1-4-15(5-2,10-20)21-14(22)11(3)23-13-9-7-6-8-12(13)16(17,18)19;/h6-9,11H,4-5,10,20H2,1-3H3,(H,21,22);1H. The Morgan fingerprint density at radius 3 is 2.25 bits per heavy atom. The van der Waals surface area contributed by atoms with Gasteiger partial charge in [-0.25, -0.2) is 0 Å². The SMILES string of the molecule is CCC(CC)(CN)NC(=O)C(C)Oc1ccccc1C(F)(F)F.Cl. The molecule has 1 rings (SSSR count). The third kappa shape index (κ3) is 5.56. The Morgan fingerprint density at radius 1 is 1.25 bits per heavy atom. The lowest BCUT2D eigenvalue weighted by Crippen LogP contribution is -2.55. The van der Waals surface area contributed by atoms with Crippen molar-refractivity contribution in [3.63, 3.8) is 0 Å². The van der Waals surface area contributed by atoms with Crippen LogP contribution in [0.25, 0.3) is 0 Å². The number of halogens is 4. The molecule has 138 valence electrons. The second kappa shape index (κ2) is 9.13. The summed E-state index contributed by atoms with van der Waals surface area (Å²) in [5.74, 6) is -0.856. The highest BCUT2D eigenvalue weighted by molar-refractivity contribution is 5.85. The quantitative estimate of drug-likeness (QED) is 0.773. The summed E-state index contributed by atoms with van der Waals surface area (Å²) in [4.78, 5) is 12.2. The monoisotopic (exact) mass is 368 g/mol. The van der Waals surface area contributed by atoms with Crippen LogP contribution < -0.4 is 15.8 Å². The maximum Gasteiger partial charge on any atom is 0.419 e. The van der Waals surface area contributed by atoms with Gasteiger partial charge in [0.15, 0.2) is 6.10 Å². The topological polar surface area (TPSA) is 64.3 Å². The van der Waals surface area contributed by atoms with Gasteiger partial charge in [-0.3, -0.25) is 4.79 Å². The van der Waals surface area contributed by atoms with Crippen molar-refractivity contribution in [2.45, 2.75) is 51.4 Å². The van der Waals surface area contributed by atoms with Gasteiger partial charge in [-0.05, 0) is 31.9 Å². The minimum atomic E-state index is -4.54. The fourth-order valence-corrected chi connectivity index (χ4v) is 2.18. The zero-order chi connectivity index (χ0) is 17.7. The molecule has 1 amide bonds. The number of ether oxygens (including phenoxy) is 1. The molecular weight excluding hydrogens is 345 g/mol. The molecule has 24 heavy (non-hydrogen) atoms. The molecule has 3 N–H and O–H groups in total. The van der Waals surface area contributed by atoms with Gasteiger partial charge in [-0.1, -0.05) is 26.0 Å². The molecule has 1 aromatic carbocycles. The van der Waals surface area contributed by atoms with Gasteiger partial charge >= 0.3 is 6.18 Å². The van der Waals surface area contributed by atoms with E-state index in [4.69, 9.17) is 10.5 Å². The Morgan fingerprint density at radius 2 is 1.79 bits per heavy atom. The van der Waals surface area contributed by atoms with Crippen molar-refractivity contribution in [2.75, 3.05) is 6.54 Å². The lowest BCUT2D eigenvalue weighted by Gasteiger charge is -2.32. The van der Waals surface area contributed by atoms with Crippen molar-refractivity contribution in [2.24, 2.45) is 5.73 Å². The summed E-state index contributed by atoms with van der Waals surface area (Å²) in [5.41, 5.74) is 4.23. The van der Waals surface area contributed by atoms with Crippen LogP contribution >= 0.6 is 12.4 Å². The average molecular weight is 369 g/mol. The Balaban J connectivity index is 0.00000529. The number of nitrogens with one attached hydrogen (secondary N) is 1. The van der Waals surface area contributed by atoms with Crippen LogP contribution in [-0.4, -0.2) is 24.1 Å². The van der Waals surface area contributed by atoms with Gasteiger partial charge < -0.3 is 15.8 Å². The van der Waals surface area contributed by atoms with Crippen LogP contribution in [0.5, 0.6) is 5.75 Å². The van der Waals surface area contributed by atoms with Crippen LogP contribution in [0.2, 0.25) is 0 Å². The Labute approximate surface area is 146 Å². The van der Waals surface area contributed by atoms with Crippen LogP contribution in [0, 0.1) is 0 Å². The van der Waals surface area contributed by atoms with Gasteiger partial charge in [0.2, 0.25) is 0 Å². The third-order valence-corrected chi connectivity index (χ3v) is 4.00. The van der Waals surface area contributed by atoms with E-state index < -0.39 is 29.3 Å². The van der Waals surface area contributed by atoms with Crippen LogP contribution in [0.4, 0.5) is 13.2 Å². The number of carbonyl (C=O) groups is 1. The second-order valence-electron chi connectivity index (χ2n) is 5.43. The number of benzene rings is 1. The molecule has 0 aliphatic carbocycles. The molecule has 0 fully saturated rings. The normalized spacial score (nSPS) is 13.0. The second-order valence-corrected chi connectivity index (χ2v) is 5.43. The first-order valence-corrected chi connectivity index (χ1v) is 7.54. The number of para-hydroxylation sites is 1. The van der Waals surface area contributed by atoms with Crippen molar-refractivity contribution in [3.05, 3.63) is 29.8 Å². The minimum absolute atomic E-state index is 0. The van der Waals surface area contributed by atoms with E-state index >= 15 is 0 Å². The summed E-state index contributed by atoms with van der Waals surface area (Å²) in [6.07, 6.45) is -4.36. The summed E-state index contributed by atoms with van der Waals surface area (Å²) in [6, 6.07) is 4.82. The summed E-state index contributed by atoms with van der Waals surface area (Å²) in [7, 11) is 0. The highest BCUT2D eigenvalue weighted by Crippen LogP contribution is 2.36. The van der Waals surface area contributed by atoms with Crippen molar-refractivity contribution >= 4 is 18.3 Å². The van der Waals surface area contributed by atoms with Gasteiger partial charge in [-0.15, -0.1) is 12.4 Å². The van der Waals surface area contributed by atoms with Gasteiger partial charge in [-0.2, -0.15) is 13.2 Å². The van der Waals surface area contributed by atoms with E-state index in [1.807, 2.05) is 13.8 Å². The largest absolute Gasteiger partial charge is 0.480 e. The summed E-state index contributed by atoms with van der Waals surface area (Å²) < 4.78 is 44.1. The number of hydrogen-bond acceptors (Lipinski definition) is 3. The molecule has 1 unspecified atom stereocenters. The van der Waals surface area contributed by atoms with E-state index in [1.165, 1.54) is 25.1 Å². The fourth-order valence-electron chi connectivity index (χ4n) is 2.18. The fraction of sp³-hybridized carbons (Fsp3) is 0.562. The van der Waals surface area contributed by atoms with Crippen LogP contribution in [0.1, 0.15) is 39.2 Å². The predicted molar refractivity (Wildman–Crippen MR) is 89.3 cm³/mol. The Bertz CT molecular complexity index is 526. The van der Waals surface area contributed by atoms with E-state index in [1.54, 1.807) is 0 Å². The van der Waals surface area contributed by atoms with E-state index in [0.29, 0.717) is 12.8 Å². The number of hydrogen-bond donors (Lipinski definition) is 2. The predicted octanol–water partition coefficient (Wildman–Crippen LogP) is 3.53. The third-order valence-electron chi connectivity index (χ3n) is 4.00. The van der Waals surface area contributed by atoms with Gasteiger partial charge in [0.25, 0.3) is 5.91 Å². The van der Waals surface area contributed by atoms with Crippen molar-refractivity contribution in [1.82, 2.24) is 5.32 Å². The number of amides is 1. The molecule has 0 saturated carbocycles. The van der Waals surface area contributed by atoms with E-state index in [0.717, 1.165) is 6.07 Å². The minimum Gasteiger partial charge on any atom is -0.480 e. The number of rotatable bonds is 7. The molecule has 0 saturated heterocycles. The summed E-state index contributed by atoms with van der Waals surface area (Å²) >= 11 is 0. The van der Waals surface area contributed by atoms with Crippen LogP contribution in [0.3, 0.4) is 0 Å². The number of alkyl halides is 3. The molecule has 0 aromatic heterocycles. The molecule has 0 aliphatic rings. The highest BCUT2D eigenvalue weighted by atomic mass is 35.5. The van der Waals surface area contributed by atoms with Crippen molar-refractivity contribution < 1.29 is 22.7 Å². The number of nitrogens with two attached hydrogens (primary N) is 1. The molecule has 0 radical (unpaired) electrons. The Hall–Kier alpha value is -1.47. The first-order chi connectivity index (χ1) is 10.7. The maximum absolute atomic E-state index is 12.9. The summed E-state index contributed by atoms with van der Waals surface area (Å²) in [5, 5.41) is 2.79. The van der Waals surface area contributed by atoms with Gasteiger partial charge in [0.1, 0.15) is 5.75 Å². The molecule has 0 spiro atoms. The smallest absolute Gasteiger partial charge is 0.419 e. The molecule has 8 heteroatoms. The number of carbonyl (C=O) groups excluding carboxylic acids is 1. The lowest BCUT2D eigenvalue weighted by molar-refractivity contribution is -0.141. The molecule has 0 aliphatic heterocycles. The average Bonchev–Trinajstić information content (AvgIpc) is 2.52. The zero-order valence-corrected chi connectivity index (χ0v) is 14.8. The van der Waals surface area contributed by atoms with Crippen molar-refractivity contribution in [3.8, 4) is 5.75 Å². The van der Waals surface area contributed by atoms with Crippen LogP contribution in [-0.2, 0) is 11.0 Å². The molecule has 0 bridgehead atoms. The Kier molecular flexibility index (Phi) is 8.57. The van der Waals surface area contributed by atoms with E-state index in [-0.39, 0.29) is 24.7 Å². The van der Waals surface area contributed by atoms with Gasteiger partial charge in [0.05, 0.1) is 11.1 Å². The first kappa shape index (κ1) is 22.5. The molecule has 4 nitrogen and oxygen atoms in total. The van der Waals surface area contributed by atoms with Crippen LogP contribution in [0.15, 0.2) is 24.3 Å². The van der Waals surface area contributed by atoms with E-state index in [2.05, 4.69) is 5.32 Å². The van der Waals surface area contributed by atoms with E-state index in [9.17, 15) is 18.0 Å². The summed E-state index contributed by atoms with van der Waals surface area (Å²) in [6.45, 7) is 5.44. The zero-order valence-electron chi connectivity index (χ0n) is 13.9.